The molecule has 1 aromatic carbocycles. The van der Waals surface area contributed by atoms with E-state index in [2.05, 4.69) is 35.8 Å². The number of hydrogen-bond donors (Lipinski definition) is 1. The van der Waals surface area contributed by atoms with Gasteiger partial charge in [-0.05, 0) is 54.2 Å². The highest BCUT2D eigenvalue weighted by atomic mass is 16.5. The third-order valence-corrected chi connectivity index (χ3v) is 5.94. The SMILES string of the molecule is CC(C)(C)c1ccc(OCC(=O)NCc2cc(-c3ccccn3)n(C3CCCC3)n2)cc1. The summed E-state index contributed by atoms with van der Waals surface area (Å²) >= 11 is 0. The zero-order chi connectivity index (χ0) is 22.6. The van der Waals surface area contributed by atoms with Crippen molar-refractivity contribution in [2.45, 2.75) is 64.5 Å². The molecule has 0 atom stereocenters. The molecule has 1 fully saturated rings. The zero-order valence-corrected chi connectivity index (χ0v) is 19.2. The number of amides is 1. The smallest absolute Gasteiger partial charge is 0.258 e. The Morgan fingerprint density at radius 3 is 2.53 bits per heavy atom. The maximum atomic E-state index is 12.4. The van der Waals surface area contributed by atoms with Gasteiger partial charge in [0.15, 0.2) is 6.61 Å². The number of benzene rings is 1. The fraction of sp³-hybridized carbons (Fsp3) is 0.423. The summed E-state index contributed by atoms with van der Waals surface area (Å²) in [7, 11) is 0. The van der Waals surface area contributed by atoms with Gasteiger partial charge in [-0.25, -0.2) is 0 Å². The van der Waals surface area contributed by atoms with Crippen LogP contribution in [0.5, 0.6) is 5.75 Å². The molecule has 1 saturated carbocycles. The van der Waals surface area contributed by atoms with E-state index in [1.807, 2.05) is 48.5 Å². The van der Waals surface area contributed by atoms with Crippen LogP contribution < -0.4 is 10.1 Å². The van der Waals surface area contributed by atoms with Gasteiger partial charge in [-0.1, -0.05) is 51.8 Å². The van der Waals surface area contributed by atoms with Crippen molar-refractivity contribution >= 4 is 5.91 Å². The molecule has 0 unspecified atom stereocenters. The van der Waals surface area contributed by atoms with Crippen LogP contribution in [0.4, 0.5) is 0 Å². The molecule has 3 aromatic rings. The molecule has 6 heteroatoms. The fourth-order valence-electron chi connectivity index (χ4n) is 4.10. The molecular weight excluding hydrogens is 400 g/mol. The van der Waals surface area contributed by atoms with E-state index in [0.29, 0.717) is 18.3 Å². The molecule has 4 rings (SSSR count). The third-order valence-electron chi connectivity index (χ3n) is 5.94. The number of carbonyl (C=O) groups is 1. The topological polar surface area (TPSA) is 69.0 Å². The van der Waals surface area contributed by atoms with Crippen LogP contribution in [0.2, 0.25) is 0 Å². The van der Waals surface area contributed by atoms with Crippen molar-refractivity contribution in [3.8, 4) is 17.1 Å². The molecule has 2 aromatic heterocycles. The quantitative estimate of drug-likeness (QED) is 0.567. The molecule has 0 spiro atoms. The third kappa shape index (κ3) is 5.36. The lowest BCUT2D eigenvalue weighted by Crippen LogP contribution is -2.28. The Kier molecular flexibility index (Phi) is 6.58. The van der Waals surface area contributed by atoms with E-state index in [1.165, 1.54) is 18.4 Å². The Bertz CT molecular complexity index is 1030. The molecule has 1 N–H and O–H groups in total. The molecule has 1 aliphatic carbocycles. The monoisotopic (exact) mass is 432 g/mol. The Morgan fingerprint density at radius 1 is 1.12 bits per heavy atom. The van der Waals surface area contributed by atoms with Gasteiger partial charge in [-0.2, -0.15) is 5.10 Å². The lowest BCUT2D eigenvalue weighted by molar-refractivity contribution is -0.123. The second-order valence-electron chi connectivity index (χ2n) is 9.46. The van der Waals surface area contributed by atoms with Crippen molar-refractivity contribution in [3.63, 3.8) is 0 Å². The second-order valence-corrected chi connectivity index (χ2v) is 9.46. The van der Waals surface area contributed by atoms with Gasteiger partial charge < -0.3 is 10.1 Å². The highest BCUT2D eigenvalue weighted by Crippen LogP contribution is 2.33. The van der Waals surface area contributed by atoms with Gasteiger partial charge in [0.25, 0.3) is 5.91 Å². The minimum Gasteiger partial charge on any atom is -0.484 e. The van der Waals surface area contributed by atoms with Crippen LogP contribution in [0.25, 0.3) is 11.4 Å². The molecular formula is C26H32N4O2. The molecule has 6 nitrogen and oxygen atoms in total. The number of aromatic nitrogens is 3. The summed E-state index contributed by atoms with van der Waals surface area (Å²) in [6, 6.07) is 16.3. The average molecular weight is 433 g/mol. The molecule has 168 valence electrons. The Labute approximate surface area is 190 Å². The maximum absolute atomic E-state index is 12.4. The van der Waals surface area contributed by atoms with Crippen molar-refractivity contribution in [1.82, 2.24) is 20.1 Å². The number of ether oxygens (including phenoxy) is 1. The van der Waals surface area contributed by atoms with Gasteiger partial charge >= 0.3 is 0 Å². The van der Waals surface area contributed by atoms with Crippen LogP contribution in [0.3, 0.4) is 0 Å². The van der Waals surface area contributed by atoms with Gasteiger partial charge in [-0.3, -0.25) is 14.5 Å². The van der Waals surface area contributed by atoms with E-state index >= 15 is 0 Å². The molecule has 32 heavy (non-hydrogen) atoms. The first-order valence-corrected chi connectivity index (χ1v) is 11.4. The molecule has 0 radical (unpaired) electrons. The zero-order valence-electron chi connectivity index (χ0n) is 19.2. The maximum Gasteiger partial charge on any atom is 0.258 e. The summed E-state index contributed by atoms with van der Waals surface area (Å²) in [5.74, 6) is 0.524. The molecule has 0 bridgehead atoms. The predicted octanol–water partition coefficient (Wildman–Crippen LogP) is 5.05. The van der Waals surface area contributed by atoms with Crippen LogP contribution >= 0.6 is 0 Å². The van der Waals surface area contributed by atoms with Gasteiger partial charge in [0.2, 0.25) is 0 Å². The first-order chi connectivity index (χ1) is 15.4. The minimum atomic E-state index is -0.167. The van der Waals surface area contributed by atoms with E-state index < -0.39 is 0 Å². The van der Waals surface area contributed by atoms with Crippen molar-refractivity contribution in [2.75, 3.05) is 6.61 Å². The molecule has 1 amide bonds. The highest BCUT2D eigenvalue weighted by molar-refractivity contribution is 5.77. The first kappa shape index (κ1) is 22.1. The van der Waals surface area contributed by atoms with Crippen molar-refractivity contribution in [1.29, 1.82) is 0 Å². The largest absolute Gasteiger partial charge is 0.484 e. The summed E-state index contributed by atoms with van der Waals surface area (Å²) < 4.78 is 7.76. The standard InChI is InChI=1S/C26H32N4O2/c1-26(2,3)19-11-13-22(14-12-19)32-18-25(31)28-17-20-16-24(23-10-6-7-15-27-23)30(29-20)21-8-4-5-9-21/h6-7,10-16,21H,4-5,8-9,17-18H2,1-3H3,(H,28,31). The van der Waals surface area contributed by atoms with Gasteiger partial charge in [0.05, 0.1) is 29.7 Å². The highest BCUT2D eigenvalue weighted by Gasteiger charge is 2.22. The predicted molar refractivity (Wildman–Crippen MR) is 125 cm³/mol. The van der Waals surface area contributed by atoms with Gasteiger partial charge in [-0.15, -0.1) is 0 Å². The summed E-state index contributed by atoms with van der Waals surface area (Å²) in [6.07, 6.45) is 6.52. The summed E-state index contributed by atoms with van der Waals surface area (Å²) in [6.45, 7) is 6.85. The molecule has 1 aliphatic rings. The first-order valence-electron chi connectivity index (χ1n) is 11.4. The minimum absolute atomic E-state index is 0.0225. The Morgan fingerprint density at radius 2 is 1.88 bits per heavy atom. The lowest BCUT2D eigenvalue weighted by Gasteiger charge is -2.19. The van der Waals surface area contributed by atoms with E-state index in [4.69, 9.17) is 9.84 Å². The normalized spacial score (nSPS) is 14.5. The number of pyridine rings is 1. The Balaban J connectivity index is 1.36. The fourth-order valence-corrected chi connectivity index (χ4v) is 4.10. The van der Waals surface area contributed by atoms with Crippen molar-refractivity contribution in [3.05, 3.63) is 66.0 Å². The van der Waals surface area contributed by atoms with Gasteiger partial charge in [0, 0.05) is 6.20 Å². The number of rotatable bonds is 7. The van der Waals surface area contributed by atoms with Gasteiger partial charge in [0.1, 0.15) is 5.75 Å². The summed E-state index contributed by atoms with van der Waals surface area (Å²) in [5.41, 5.74) is 4.08. The van der Waals surface area contributed by atoms with Crippen LogP contribution in [-0.4, -0.2) is 27.3 Å². The van der Waals surface area contributed by atoms with E-state index in [9.17, 15) is 4.79 Å². The van der Waals surface area contributed by atoms with Crippen LogP contribution in [0, 0.1) is 0 Å². The van der Waals surface area contributed by atoms with Crippen LogP contribution in [0.15, 0.2) is 54.7 Å². The van der Waals surface area contributed by atoms with Crippen molar-refractivity contribution < 1.29 is 9.53 Å². The summed E-state index contributed by atoms with van der Waals surface area (Å²) in [4.78, 5) is 16.9. The van der Waals surface area contributed by atoms with E-state index in [0.717, 1.165) is 29.9 Å². The van der Waals surface area contributed by atoms with Crippen LogP contribution in [-0.2, 0) is 16.8 Å². The lowest BCUT2D eigenvalue weighted by atomic mass is 9.87. The van der Waals surface area contributed by atoms with Crippen molar-refractivity contribution in [2.24, 2.45) is 0 Å². The molecule has 0 saturated heterocycles. The summed E-state index contributed by atoms with van der Waals surface area (Å²) in [5, 5.41) is 7.74. The number of nitrogens with one attached hydrogen (secondary N) is 1. The molecule has 0 aliphatic heterocycles. The molecule has 2 heterocycles. The number of hydrogen-bond acceptors (Lipinski definition) is 4. The number of carbonyl (C=O) groups excluding carboxylic acids is 1. The van der Waals surface area contributed by atoms with Crippen LogP contribution in [0.1, 0.15) is 63.8 Å². The Hall–Kier alpha value is -3.15. The van der Waals surface area contributed by atoms with E-state index in [-0.39, 0.29) is 17.9 Å². The number of nitrogens with zero attached hydrogens (tertiary/aromatic N) is 3. The average Bonchev–Trinajstić information content (AvgIpc) is 3.46. The van der Waals surface area contributed by atoms with E-state index in [1.54, 1.807) is 6.20 Å². The second kappa shape index (κ2) is 9.55.